The van der Waals surface area contributed by atoms with E-state index in [1.54, 1.807) is 7.11 Å². The first-order chi connectivity index (χ1) is 9.27. The second-order valence-corrected chi connectivity index (χ2v) is 5.22. The lowest BCUT2D eigenvalue weighted by Crippen LogP contribution is -2.19. The zero-order valence-electron chi connectivity index (χ0n) is 12.7. The molecule has 0 aliphatic rings. The van der Waals surface area contributed by atoms with Gasteiger partial charge in [0.05, 0.1) is 7.11 Å². The third kappa shape index (κ3) is 6.63. The Balaban J connectivity index is 2.14. The van der Waals surface area contributed by atoms with E-state index in [2.05, 4.69) is 31.3 Å². The van der Waals surface area contributed by atoms with Crippen molar-refractivity contribution in [3.8, 4) is 5.75 Å². The van der Waals surface area contributed by atoms with Crippen LogP contribution < -0.4 is 10.1 Å². The summed E-state index contributed by atoms with van der Waals surface area (Å²) in [5.41, 5.74) is 1.33. The molecular formula is C17H29NO. The van der Waals surface area contributed by atoms with Gasteiger partial charge in [0.1, 0.15) is 5.75 Å². The van der Waals surface area contributed by atoms with Crippen LogP contribution in [0.4, 0.5) is 0 Å². The van der Waals surface area contributed by atoms with Crippen LogP contribution in [-0.4, -0.2) is 13.7 Å². The maximum atomic E-state index is 5.17. The monoisotopic (exact) mass is 263 g/mol. The van der Waals surface area contributed by atoms with Crippen LogP contribution in [0.3, 0.4) is 0 Å². The van der Waals surface area contributed by atoms with Crippen LogP contribution in [0.25, 0.3) is 0 Å². The van der Waals surface area contributed by atoms with Crippen LogP contribution >= 0.6 is 0 Å². The van der Waals surface area contributed by atoms with Crippen LogP contribution in [0.5, 0.6) is 5.75 Å². The smallest absolute Gasteiger partial charge is 0.118 e. The molecule has 1 atom stereocenters. The fourth-order valence-electron chi connectivity index (χ4n) is 2.23. The maximum absolute atomic E-state index is 5.17. The fraction of sp³-hybridized carbons (Fsp3) is 0.647. The number of nitrogens with one attached hydrogen (secondary N) is 1. The molecule has 0 fully saturated rings. The number of methoxy groups -OCH3 is 1. The predicted octanol–water partition coefficient (Wildman–Crippen LogP) is 4.71. The predicted molar refractivity (Wildman–Crippen MR) is 82.8 cm³/mol. The van der Waals surface area contributed by atoms with Gasteiger partial charge in [-0.05, 0) is 37.6 Å². The molecule has 19 heavy (non-hydrogen) atoms. The highest BCUT2D eigenvalue weighted by Crippen LogP contribution is 2.17. The maximum Gasteiger partial charge on any atom is 0.118 e. The molecule has 0 amide bonds. The van der Waals surface area contributed by atoms with Gasteiger partial charge in [0, 0.05) is 6.04 Å². The Morgan fingerprint density at radius 2 is 1.63 bits per heavy atom. The Kier molecular flexibility index (Phi) is 8.31. The fourth-order valence-corrected chi connectivity index (χ4v) is 2.23. The molecule has 1 aromatic carbocycles. The van der Waals surface area contributed by atoms with Crippen LogP contribution in [0.15, 0.2) is 24.3 Å². The summed E-state index contributed by atoms with van der Waals surface area (Å²) < 4.78 is 5.17. The van der Waals surface area contributed by atoms with E-state index in [-0.39, 0.29) is 0 Å². The van der Waals surface area contributed by atoms with Gasteiger partial charge in [0.2, 0.25) is 0 Å². The summed E-state index contributed by atoms with van der Waals surface area (Å²) in [6, 6.07) is 8.74. The summed E-state index contributed by atoms with van der Waals surface area (Å²) >= 11 is 0. The largest absolute Gasteiger partial charge is 0.497 e. The van der Waals surface area contributed by atoms with E-state index in [4.69, 9.17) is 4.74 Å². The van der Waals surface area contributed by atoms with Crippen molar-refractivity contribution in [3.05, 3.63) is 29.8 Å². The molecule has 108 valence electrons. The molecule has 0 heterocycles. The Bertz CT molecular complexity index is 321. The standard InChI is InChI=1S/C17H29NO/c1-4-5-6-7-8-9-14-18-15(2)16-10-12-17(19-3)13-11-16/h10-13,15,18H,4-9,14H2,1-3H3. The van der Waals surface area contributed by atoms with Crippen molar-refractivity contribution in [3.63, 3.8) is 0 Å². The summed E-state index contributed by atoms with van der Waals surface area (Å²) in [7, 11) is 1.70. The van der Waals surface area contributed by atoms with Gasteiger partial charge in [-0.3, -0.25) is 0 Å². The van der Waals surface area contributed by atoms with Gasteiger partial charge in [0.25, 0.3) is 0 Å². The number of rotatable bonds is 10. The van der Waals surface area contributed by atoms with Crippen molar-refractivity contribution < 1.29 is 4.74 Å². The van der Waals surface area contributed by atoms with Crippen LogP contribution in [0.1, 0.15) is 64.0 Å². The highest BCUT2D eigenvalue weighted by atomic mass is 16.5. The van der Waals surface area contributed by atoms with Crippen LogP contribution in [-0.2, 0) is 0 Å². The first kappa shape index (κ1) is 16.0. The third-order valence-corrected chi connectivity index (χ3v) is 3.60. The Morgan fingerprint density at radius 3 is 2.26 bits per heavy atom. The topological polar surface area (TPSA) is 21.3 Å². The number of benzene rings is 1. The molecule has 0 radical (unpaired) electrons. The average Bonchev–Trinajstić information content (AvgIpc) is 2.46. The summed E-state index contributed by atoms with van der Waals surface area (Å²) in [6.45, 7) is 5.59. The molecule has 1 aromatic rings. The van der Waals surface area contributed by atoms with Crippen molar-refractivity contribution in [2.24, 2.45) is 0 Å². The van der Waals surface area contributed by atoms with Gasteiger partial charge in [-0.2, -0.15) is 0 Å². The second kappa shape index (κ2) is 9.85. The van der Waals surface area contributed by atoms with E-state index < -0.39 is 0 Å². The molecule has 1 rings (SSSR count). The van der Waals surface area contributed by atoms with E-state index in [1.165, 1.54) is 44.1 Å². The van der Waals surface area contributed by atoms with E-state index in [9.17, 15) is 0 Å². The van der Waals surface area contributed by atoms with Crippen molar-refractivity contribution in [2.45, 2.75) is 58.4 Å². The highest BCUT2D eigenvalue weighted by molar-refractivity contribution is 5.28. The molecule has 0 spiro atoms. The minimum atomic E-state index is 0.418. The lowest BCUT2D eigenvalue weighted by atomic mass is 10.1. The number of hydrogen-bond donors (Lipinski definition) is 1. The summed E-state index contributed by atoms with van der Waals surface area (Å²) in [6.07, 6.45) is 8.12. The Morgan fingerprint density at radius 1 is 1.00 bits per heavy atom. The SMILES string of the molecule is CCCCCCCCNC(C)c1ccc(OC)cc1. The minimum Gasteiger partial charge on any atom is -0.497 e. The normalized spacial score (nSPS) is 12.4. The molecule has 1 unspecified atom stereocenters. The van der Waals surface area contributed by atoms with Gasteiger partial charge in [-0.15, -0.1) is 0 Å². The van der Waals surface area contributed by atoms with Crippen molar-refractivity contribution in [2.75, 3.05) is 13.7 Å². The third-order valence-electron chi connectivity index (χ3n) is 3.60. The average molecular weight is 263 g/mol. The molecule has 0 aliphatic carbocycles. The first-order valence-electron chi connectivity index (χ1n) is 7.65. The van der Waals surface area contributed by atoms with E-state index in [1.807, 2.05) is 12.1 Å². The molecule has 0 aliphatic heterocycles. The molecule has 2 nitrogen and oxygen atoms in total. The molecule has 0 bridgehead atoms. The van der Waals surface area contributed by atoms with Crippen molar-refractivity contribution in [1.82, 2.24) is 5.32 Å². The van der Waals surface area contributed by atoms with E-state index in [0.717, 1.165) is 12.3 Å². The van der Waals surface area contributed by atoms with Crippen molar-refractivity contribution >= 4 is 0 Å². The van der Waals surface area contributed by atoms with Gasteiger partial charge in [-0.25, -0.2) is 0 Å². The van der Waals surface area contributed by atoms with Crippen molar-refractivity contribution in [1.29, 1.82) is 0 Å². The van der Waals surface area contributed by atoms with Gasteiger partial charge in [-0.1, -0.05) is 51.2 Å². The lowest BCUT2D eigenvalue weighted by Gasteiger charge is -2.14. The zero-order valence-corrected chi connectivity index (χ0v) is 12.7. The summed E-state index contributed by atoms with van der Waals surface area (Å²) in [5.74, 6) is 0.923. The number of hydrogen-bond acceptors (Lipinski definition) is 2. The van der Waals surface area contributed by atoms with Gasteiger partial charge in [0.15, 0.2) is 0 Å². The molecule has 0 aromatic heterocycles. The van der Waals surface area contributed by atoms with E-state index in [0.29, 0.717) is 6.04 Å². The Hall–Kier alpha value is -1.02. The van der Waals surface area contributed by atoms with E-state index >= 15 is 0 Å². The van der Waals surface area contributed by atoms with Gasteiger partial charge < -0.3 is 10.1 Å². The van der Waals surface area contributed by atoms with Crippen LogP contribution in [0.2, 0.25) is 0 Å². The van der Waals surface area contributed by atoms with Crippen LogP contribution in [0, 0.1) is 0 Å². The number of ether oxygens (including phenoxy) is 1. The molecular weight excluding hydrogens is 234 g/mol. The first-order valence-corrected chi connectivity index (χ1v) is 7.65. The Labute approximate surface area is 118 Å². The number of unbranched alkanes of at least 4 members (excludes halogenated alkanes) is 5. The molecule has 2 heteroatoms. The molecule has 0 saturated heterocycles. The van der Waals surface area contributed by atoms with Gasteiger partial charge >= 0.3 is 0 Å². The minimum absolute atomic E-state index is 0.418. The second-order valence-electron chi connectivity index (χ2n) is 5.22. The summed E-state index contributed by atoms with van der Waals surface area (Å²) in [5, 5.41) is 3.59. The molecule has 0 saturated carbocycles. The highest BCUT2D eigenvalue weighted by Gasteiger charge is 2.04. The quantitative estimate of drug-likeness (QED) is 0.617. The molecule has 1 N–H and O–H groups in total. The summed E-state index contributed by atoms with van der Waals surface area (Å²) in [4.78, 5) is 0. The zero-order chi connectivity index (χ0) is 13.9. The lowest BCUT2D eigenvalue weighted by molar-refractivity contribution is 0.414.